The molecule has 3 aromatic carbocycles. The molecule has 1 saturated carbocycles. The van der Waals surface area contributed by atoms with Crippen molar-refractivity contribution in [1.82, 2.24) is 0 Å². The van der Waals surface area contributed by atoms with Gasteiger partial charge in [-0.15, -0.1) is 0 Å². The van der Waals surface area contributed by atoms with E-state index in [0.717, 1.165) is 10.4 Å². The minimum Gasteiger partial charge on any atom is -0.460 e. The SMILES string of the molecule is C=C1C(OC=O)CC(OC(=O)c2ccccc2)C1CO[Si](c1ccccc1)(c1ccccc1)C(C)(C)C. The highest BCUT2D eigenvalue weighted by molar-refractivity contribution is 6.99. The third-order valence-electron chi connectivity index (χ3n) is 7.17. The number of hydrogen-bond acceptors (Lipinski definition) is 5. The average molecular weight is 515 g/mol. The van der Waals surface area contributed by atoms with Crippen LogP contribution in [0.2, 0.25) is 5.04 Å². The van der Waals surface area contributed by atoms with Gasteiger partial charge in [0.1, 0.15) is 12.2 Å². The molecule has 1 aliphatic carbocycles. The van der Waals surface area contributed by atoms with Crippen LogP contribution >= 0.6 is 0 Å². The van der Waals surface area contributed by atoms with Gasteiger partial charge in [-0.05, 0) is 33.1 Å². The molecule has 0 bridgehead atoms. The Labute approximate surface area is 220 Å². The number of carbonyl (C=O) groups excluding carboxylic acids is 2. The Morgan fingerprint density at radius 3 is 1.92 bits per heavy atom. The number of esters is 1. The van der Waals surface area contributed by atoms with Gasteiger partial charge in [-0.25, -0.2) is 4.79 Å². The molecule has 37 heavy (non-hydrogen) atoms. The maximum atomic E-state index is 12.9. The Morgan fingerprint density at radius 1 is 0.919 bits per heavy atom. The van der Waals surface area contributed by atoms with Crippen molar-refractivity contribution >= 4 is 31.1 Å². The molecule has 0 aliphatic heterocycles. The van der Waals surface area contributed by atoms with Crippen LogP contribution in [-0.2, 0) is 18.7 Å². The number of ether oxygens (including phenoxy) is 2. The predicted molar refractivity (Wildman–Crippen MR) is 147 cm³/mol. The van der Waals surface area contributed by atoms with Gasteiger partial charge in [0, 0.05) is 18.9 Å². The Balaban J connectivity index is 1.69. The molecule has 3 atom stereocenters. The summed E-state index contributed by atoms with van der Waals surface area (Å²) in [4.78, 5) is 24.1. The van der Waals surface area contributed by atoms with E-state index in [9.17, 15) is 9.59 Å². The Bertz CT molecular complexity index is 1170. The van der Waals surface area contributed by atoms with Crippen LogP contribution in [-0.4, -0.2) is 39.6 Å². The first kappa shape index (κ1) is 26.6. The fourth-order valence-corrected chi connectivity index (χ4v) is 9.90. The molecule has 0 amide bonds. The van der Waals surface area contributed by atoms with Gasteiger partial charge in [-0.3, -0.25) is 4.79 Å². The molecule has 3 unspecified atom stereocenters. The van der Waals surface area contributed by atoms with E-state index in [1.165, 1.54) is 0 Å². The molecule has 0 radical (unpaired) electrons. The van der Waals surface area contributed by atoms with E-state index in [-0.39, 0.29) is 17.6 Å². The second kappa shape index (κ2) is 11.3. The van der Waals surface area contributed by atoms with E-state index in [1.807, 2.05) is 42.5 Å². The maximum Gasteiger partial charge on any atom is 0.338 e. The van der Waals surface area contributed by atoms with E-state index in [0.29, 0.717) is 24.0 Å². The Morgan fingerprint density at radius 2 is 1.43 bits per heavy atom. The molecule has 1 fully saturated rings. The molecule has 5 nitrogen and oxygen atoms in total. The predicted octanol–water partition coefficient (Wildman–Crippen LogP) is 4.91. The summed E-state index contributed by atoms with van der Waals surface area (Å²) in [5.41, 5.74) is 1.18. The first-order valence-corrected chi connectivity index (χ1v) is 14.5. The van der Waals surface area contributed by atoms with Crippen LogP contribution in [0.15, 0.2) is 103 Å². The van der Waals surface area contributed by atoms with Crippen molar-refractivity contribution in [1.29, 1.82) is 0 Å². The zero-order chi connectivity index (χ0) is 26.5. The number of carbonyl (C=O) groups is 2. The minimum absolute atomic E-state index is 0.204. The molecule has 1 aliphatic rings. The molecular formula is C31H34O5Si. The Hall–Kier alpha value is -3.48. The summed E-state index contributed by atoms with van der Waals surface area (Å²) in [5, 5.41) is 2.12. The van der Waals surface area contributed by atoms with Crippen LogP contribution in [0.25, 0.3) is 0 Å². The molecule has 0 aromatic heterocycles. The van der Waals surface area contributed by atoms with Gasteiger partial charge in [0.15, 0.2) is 0 Å². The third-order valence-corrected chi connectivity index (χ3v) is 12.2. The molecule has 192 valence electrons. The van der Waals surface area contributed by atoms with Crippen LogP contribution in [0.5, 0.6) is 0 Å². The summed E-state index contributed by atoms with van der Waals surface area (Å²) in [6.07, 6.45) is -0.701. The standard InChI is InChI=1S/C31H34O5Si/c1-23-27(29(20-28(23)34-22-32)36-30(33)24-14-8-5-9-15-24)21-35-37(31(2,3)4,25-16-10-6-11-17-25)26-18-12-7-13-19-26/h5-19,22,27-29H,1,20-21H2,2-4H3. The molecule has 0 saturated heterocycles. The molecule has 0 spiro atoms. The van der Waals surface area contributed by atoms with E-state index < -0.39 is 26.5 Å². The maximum absolute atomic E-state index is 12.9. The minimum atomic E-state index is -2.81. The number of benzene rings is 3. The van der Waals surface area contributed by atoms with Crippen molar-refractivity contribution in [2.45, 2.75) is 44.4 Å². The molecule has 3 aromatic rings. The topological polar surface area (TPSA) is 61.8 Å². The van der Waals surface area contributed by atoms with Gasteiger partial charge in [0.05, 0.1) is 5.56 Å². The van der Waals surface area contributed by atoms with Crippen LogP contribution in [0, 0.1) is 5.92 Å². The molecule has 0 heterocycles. The number of hydrogen-bond donors (Lipinski definition) is 0. The zero-order valence-corrected chi connectivity index (χ0v) is 22.6. The lowest BCUT2D eigenvalue weighted by Crippen LogP contribution is -2.67. The summed E-state index contributed by atoms with van der Waals surface area (Å²) >= 11 is 0. The van der Waals surface area contributed by atoms with E-state index in [1.54, 1.807) is 24.3 Å². The van der Waals surface area contributed by atoms with Crippen molar-refractivity contribution in [2.24, 2.45) is 5.92 Å². The van der Waals surface area contributed by atoms with Crippen LogP contribution in [0.1, 0.15) is 37.6 Å². The second-order valence-electron chi connectivity index (χ2n) is 10.4. The van der Waals surface area contributed by atoms with Gasteiger partial charge in [-0.2, -0.15) is 0 Å². The smallest absolute Gasteiger partial charge is 0.338 e. The Kier molecular flexibility index (Phi) is 8.10. The fourth-order valence-electron chi connectivity index (χ4n) is 5.31. The average Bonchev–Trinajstić information content (AvgIpc) is 3.19. The van der Waals surface area contributed by atoms with Crippen molar-refractivity contribution in [3.8, 4) is 0 Å². The van der Waals surface area contributed by atoms with E-state index in [2.05, 4.69) is 51.6 Å². The van der Waals surface area contributed by atoms with Crippen molar-refractivity contribution in [3.63, 3.8) is 0 Å². The monoisotopic (exact) mass is 514 g/mol. The van der Waals surface area contributed by atoms with Gasteiger partial charge in [0.2, 0.25) is 0 Å². The van der Waals surface area contributed by atoms with Crippen molar-refractivity contribution in [3.05, 3.63) is 109 Å². The molecule has 4 rings (SSSR count). The third kappa shape index (κ3) is 5.45. The number of rotatable bonds is 9. The zero-order valence-electron chi connectivity index (χ0n) is 21.6. The second-order valence-corrected chi connectivity index (χ2v) is 14.7. The van der Waals surface area contributed by atoms with Crippen LogP contribution < -0.4 is 10.4 Å². The highest BCUT2D eigenvalue weighted by Gasteiger charge is 2.52. The lowest BCUT2D eigenvalue weighted by atomic mass is 10.0. The lowest BCUT2D eigenvalue weighted by Gasteiger charge is -2.43. The lowest BCUT2D eigenvalue weighted by molar-refractivity contribution is -0.132. The molecular weight excluding hydrogens is 480 g/mol. The van der Waals surface area contributed by atoms with Gasteiger partial charge in [-0.1, -0.05) is 106 Å². The summed E-state index contributed by atoms with van der Waals surface area (Å²) in [6.45, 7) is 11.6. The van der Waals surface area contributed by atoms with Gasteiger partial charge >= 0.3 is 5.97 Å². The summed E-state index contributed by atoms with van der Waals surface area (Å²) in [6, 6.07) is 29.6. The quantitative estimate of drug-likeness (QED) is 0.176. The van der Waals surface area contributed by atoms with Crippen molar-refractivity contribution in [2.75, 3.05) is 6.61 Å². The first-order chi connectivity index (χ1) is 17.8. The molecule has 6 heteroatoms. The first-order valence-electron chi connectivity index (χ1n) is 12.6. The van der Waals surface area contributed by atoms with Crippen LogP contribution in [0.4, 0.5) is 0 Å². The fraction of sp³-hybridized carbons (Fsp3) is 0.290. The van der Waals surface area contributed by atoms with E-state index >= 15 is 0 Å². The highest BCUT2D eigenvalue weighted by Crippen LogP contribution is 2.40. The summed E-state index contributed by atoms with van der Waals surface area (Å²) in [7, 11) is -2.81. The van der Waals surface area contributed by atoms with Gasteiger partial charge in [0.25, 0.3) is 14.8 Å². The van der Waals surface area contributed by atoms with E-state index in [4.69, 9.17) is 13.9 Å². The normalized spacial score (nSPS) is 19.9. The van der Waals surface area contributed by atoms with Crippen molar-refractivity contribution < 1.29 is 23.5 Å². The molecule has 0 N–H and O–H groups in total. The summed E-state index contributed by atoms with van der Waals surface area (Å²) < 4.78 is 18.4. The summed E-state index contributed by atoms with van der Waals surface area (Å²) in [5.74, 6) is -0.736. The largest absolute Gasteiger partial charge is 0.460 e. The van der Waals surface area contributed by atoms with Crippen LogP contribution in [0.3, 0.4) is 0 Å². The highest BCUT2D eigenvalue weighted by atomic mass is 28.4. The van der Waals surface area contributed by atoms with Gasteiger partial charge < -0.3 is 13.9 Å².